The molecule has 158 valence electrons. The molecule has 0 N–H and O–H groups in total. The van der Waals surface area contributed by atoms with E-state index in [2.05, 4.69) is 6.92 Å². The number of carbonyl (C=O) groups is 3. The van der Waals surface area contributed by atoms with Crippen LogP contribution in [0.25, 0.3) is 0 Å². The van der Waals surface area contributed by atoms with Crippen molar-refractivity contribution in [2.75, 3.05) is 26.2 Å². The van der Waals surface area contributed by atoms with Gasteiger partial charge in [0.1, 0.15) is 17.7 Å². The summed E-state index contributed by atoms with van der Waals surface area (Å²) in [5.41, 5.74) is -0.592. The summed E-state index contributed by atoms with van der Waals surface area (Å²) in [6, 6.07) is -0.883. The first-order valence-electron chi connectivity index (χ1n) is 10.8. The zero-order valence-electron chi connectivity index (χ0n) is 17.8. The normalized spacial score (nSPS) is 26.6. The van der Waals surface area contributed by atoms with Crippen molar-refractivity contribution < 1.29 is 19.1 Å². The molecule has 7 nitrogen and oxygen atoms in total. The average Bonchev–Trinajstić information content (AvgIpc) is 3.29. The van der Waals surface area contributed by atoms with Crippen LogP contribution in [0.5, 0.6) is 0 Å². The number of hydrogen-bond donors (Lipinski definition) is 0. The Hall–Kier alpha value is -1.79. The van der Waals surface area contributed by atoms with Gasteiger partial charge in [-0.25, -0.2) is 4.79 Å². The van der Waals surface area contributed by atoms with Gasteiger partial charge in [-0.2, -0.15) is 0 Å². The number of carbonyl (C=O) groups excluding carboxylic acids is 3. The third-order valence-electron chi connectivity index (χ3n) is 6.08. The lowest BCUT2D eigenvalue weighted by Crippen LogP contribution is -2.54. The fourth-order valence-corrected chi connectivity index (χ4v) is 4.48. The van der Waals surface area contributed by atoms with E-state index in [0.29, 0.717) is 25.4 Å². The van der Waals surface area contributed by atoms with Crippen molar-refractivity contribution in [2.24, 2.45) is 5.92 Å². The largest absolute Gasteiger partial charge is 0.444 e. The Bertz CT molecular complexity index is 607. The number of nitrogens with zero attached hydrogens (tertiary/aromatic N) is 3. The van der Waals surface area contributed by atoms with Crippen LogP contribution in [0.3, 0.4) is 0 Å². The minimum Gasteiger partial charge on any atom is -0.444 e. The molecule has 3 aliphatic heterocycles. The Morgan fingerprint density at radius 1 is 0.786 bits per heavy atom. The summed E-state index contributed by atoms with van der Waals surface area (Å²) in [4.78, 5) is 44.1. The summed E-state index contributed by atoms with van der Waals surface area (Å²) >= 11 is 0. The number of hydrogen-bond acceptors (Lipinski definition) is 4. The molecule has 3 fully saturated rings. The van der Waals surface area contributed by atoms with Gasteiger partial charge in [0.25, 0.3) is 0 Å². The summed E-state index contributed by atoms with van der Waals surface area (Å²) < 4.78 is 5.49. The molecule has 0 aromatic heterocycles. The summed E-state index contributed by atoms with van der Waals surface area (Å²) in [5, 5.41) is 0. The minimum absolute atomic E-state index is 0.0829. The van der Waals surface area contributed by atoms with Crippen molar-refractivity contribution in [3.63, 3.8) is 0 Å². The molecular formula is C21H35N3O4. The summed E-state index contributed by atoms with van der Waals surface area (Å²) in [7, 11) is 0. The van der Waals surface area contributed by atoms with E-state index in [-0.39, 0.29) is 17.9 Å². The molecule has 0 aliphatic carbocycles. The highest BCUT2D eigenvalue weighted by molar-refractivity contribution is 5.92. The predicted octanol–water partition coefficient (Wildman–Crippen LogP) is 2.64. The lowest BCUT2D eigenvalue weighted by atomic mass is 9.98. The summed E-state index contributed by atoms with van der Waals surface area (Å²) in [6.07, 6.45) is 4.60. The number of piperidine rings is 1. The van der Waals surface area contributed by atoms with Gasteiger partial charge in [-0.3, -0.25) is 14.5 Å². The van der Waals surface area contributed by atoms with E-state index >= 15 is 0 Å². The highest BCUT2D eigenvalue weighted by Gasteiger charge is 2.44. The quantitative estimate of drug-likeness (QED) is 0.723. The highest BCUT2D eigenvalue weighted by Crippen LogP contribution is 2.28. The molecule has 3 aliphatic rings. The van der Waals surface area contributed by atoms with E-state index in [1.807, 2.05) is 25.7 Å². The number of likely N-dealkylation sites (tertiary alicyclic amines) is 3. The summed E-state index contributed by atoms with van der Waals surface area (Å²) in [6.45, 7) is 10.4. The first-order chi connectivity index (χ1) is 13.2. The second kappa shape index (κ2) is 8.29. The number of ether oxygens (including phenoxy) is 1. The van der Waals surface area contributed by atoms with Gasteiger partial charge >= 0.3 is 6.09 Å². The zero-order chi connectivity index (χ0) is 20.5. The van der Waals surface area contributed by atoms with Gasteiger partial charge in [0.2, 0.25) is 11.8 Å². The van der Waals surface area contributed by atoms with Crippen molar-refractivity contribution in [2.45, 2.75) is 83.9 Å². The topological polar surface area (TPSA) is 70.2 Å². The molecule has 7 heteroatoms. The van der Waals surface area contributed by atoms with Gasteiger partial charge in [-0.1, -0.05) is 6.92 Å². The second-order valence-electron chi connectivity index (χ2n) is 9.53. The highest BCUT2D eigenvalue weighted by atomic mass is 16.6. The first kappa shape index (κ1) is 20.9. The molecule has 0 aromatic rings. The van der Waals surface area contributed by atoms with Crippen LogP contribution in [0.2, 0.25) is 0 Å². The molecule has 2 atom stereocenters. The fourth-order valence-electron chi connectivity index (χ4n) is 4.48. The lowest BCUT2D eigenvalue weighted by Gasteiger charge is -2.36. The molecule has 3 rings (SSSR count). The van der Waals surface area contributed by atoms with Gasteiger partial charge in [0, 0.05) is 26.2 Å². The average molecular weight is 394 g/mol. The molecule has 0 saturated carbocycles. The van der Waals surface area contributed by atoms with Crippen molar-refractivity contribution in [3.05, 3.63) is 0 Å². The van der Waals surface area contributed by atoms with E-state index in [1.165, 1.54) is 0 Å². The molecule has 28 heavy (non-hydrogen) atoms. The van der Waals surface area contributed by atoms with Crippen molar-refractivity contribution in [1.29, 1.82) is 0 Å². The van der Waals surface area contributed by atoms with Crippen LogP contribution in [0.15, 0.2) is 0 Å². The minimum atomic E-state index is -0.592. The molecule has 3 amide bonds. The van der Waals surface area contributed by atoms with E-state index in [0.717, 1.165) is 45.2 Å². The molecule has 0 bridgehead atoms. The molecule has 0 aromatic carbocycles. The second-order valence-corrected chi connectivity index (χ2v) is 9.53. The van der Waals surface area contributed by atoms with Crippen molar-refractivity contribution in [1.82, 2.24) is 14.7 Å². The molecule has 2 unspecified atom stereocenters. The van der Waals surface area contributed by atoms with E-state index in [4.69, 9.17) is 4.74 Å². The van der Waals surface area contributed by atoms with Crippen LogP contribution in [-0.4, -0.2) is 76.5 Å². The monoisotopic (exact) mass is 393 g/mol. The smallest absolute Gasteiger partial charge is 0.410 e. The SMILES string of the molecule is CC1CCN(C(=O)C2CCCN2C(=O)C2CCCN2C(=O)OC(C)(C)C)CC1. The van der Waals surface area contributed by atoms with E-state index < -0.39 is 17.7 Å². The molecule has 3 saturated heterocycles. The molecule has 0 spiro atoms. The van der Waals surface area contributed by atoms with Crippen molar-refractivity contribution in [3.8, 4) is 0 Å². The standard InChI is InChI=1S/C21H35N3O4/c1-15-9-13-22(14-10-15)18(25)16-7-5-11-23(16)19(26)17-8-6-12-24(17)20(27)28-21(2,3)4/h15-17H,5-14H2,1-4H3. The van der Waals surface area contributed by atoms with Crippen LogP contribution in [0.1, 0.15) is 66.2 Å². The number of amides is 3. The van der Waals surface area contributed by atoms with Crippen LogP contribution in [-0.2, 0) is 14.3 Å². The van der Waals surface area contributed by atoms with E-state index in [1.54, 1.807) is 9.80 Å². The third-order valence-corrected chi connectivity index (χ3v) is 6.08. The number of rotatable bonds is 2. The Morgan fingerprint density at radius 3 is 1.89 bits per heavy atom. The van der Waals surface area contributed by atoms with Crippen LogP contribution >= 0.6 is 0 Å². The zero-order valence-corrected chi connectivity index (χ0v) is 17.8. The fraction of sp³-hybridized carbons (Fsp3) is 0.857. The molecule has 0 radical (unpaired) electrons. The van der Waals surface area contributed by atoms with Crippen LogP contribution < -0.4 is 0 Å². The van der Waals surface area contributed by atoms with Gasteiger partial charge in [0.05, 0.1) is 0 Å². The Kier molecular flexibility index (Phi) is 6.20. The lowest BCUT2D eigenvalue weighted by molar-refractivity contribution is -0.146. The van der Waals surface area contributed by atoms with Crippen LogP contribution in [0, 0.1) is 5.92 Å². The third kappa shape index (κ3) is 4.61. The van der Waals surface area contributed by atoms with Gasteiger partial charge in [-0.05, 0) is 65.2 Å². The Morgan fingerprint density at radius 2 is 1.32 bits per heavy atom. The maximum Gasteiger partial charge on any atom is 0.410 e. The van der Waals surface area contributed by atoms with Gasteiger partial charge < -0.3 is 14.5 Å². The molecule has 3 heterocycles. The van der Waals surface area contributed by atoms with Crippen molar-refractivity contribution >= 4 is 17.9 Å². The van der Waals surface area contributed by atoms with Gasteiger partial charge in [0.15, 0.2) is 0 Å². The predicted molar refractivity (Wildman–Crippen MR) is 106 cm³/mol. The Labute approximate surface area is 168 Å². The van der Waals surface area contributed by atoms with Gasteiger partial charge in [-0.15, -0.1) is 0 Å². The maximum absolute atomic E-state index is 13.3. The maximum atomic E-state index is 13.3. The Balaban J connectivity index is 1.66. The molecular weight excluding hydrogens is 358 g/mol. The first-order valence-corrected chi connectivity index (χ1v) is 10.8. The van der Waals surface area contributed by atoms with E-state index in [9.17, 15) is 14.4 Å². The summed E-state index contributed by atoms with van der Waals surface area (Å²) in [5.74, 6) is 0.649. The van der Waals surface area contributed by atoms with Crippen LogP contribution in [0.4, 0.5) is 4.79 Å².